The molecule has 1 saturated heterocycles. The predicted octanol–water partition coefficient (Wildman–Crippen LogP) is 6.94. The molecule has 1 fully saturated rings. The van der Waals surface area contributed by atoms with Gasteiger partial charge in [0.05, 0.1) is 22.7 Å². The van der Waals surface area contributed by atoms with Gasteiger partial charge in [-0.05, 0) is 75.3 Å². The van der Waals surface area contributed by atoms with E-state index in [0.29, 0.717) is 12.2 Å². The molecule has 1 aliphatic rings. The number of hydrogen-bond acceptors (Lipinski definition) is 10. The molecule has 3 aromatic rings. The summed E-state index contributed by atoms with van der Waals surface area (Å²) in [6.45, 7) is 15.2. The quantitative estimate of drug-likeness (QED) is 0.0581. The lowest BCUT2D eigenvalue weighted by molar-refractivity contribution is -0.207. The molecule has 4 rings (SSSR count). The average molecular weight is 720 g/mol. The Bertz CT molecular complexity index is 1570. The van der Waals surface area contributed by atoms with Gasteiger partial charge in [-0.25, -0.2) is 14.4 Å². The smallest absolute Gasteiger partial charge is 0.338 e. The van der Waals surface area contributed by atoms with Crippen molar-refractivity contribution in [3.05, 3.63) is 133 Å². The molecular weight excluding hydrogens is 675 g/mol. The van der Waals surface area contributed by atoms with Crippen molar-refractivity contribution in [2.75, 3.05) is 5.75 Å². The number of rotatable bonds is 15. The molecule has 50 heavy (non-hydrogen) atoms. The second-order valence-corrected chi connectivity index (χ2v) is 15.9. The summed E-state index contributed by atoms with van der Waals surface area (Å²) in [6, 6.07) is 24.4. The highest BCUT2D eigenvalue weighted by Crippen LogP contribution is 2.38. The Morgan fingerprint density at radius 3 is 1.68 bits per heavy atom. The number of nitrogens with one attached hydrogen (secondary N) is 1. The van der Waals surface area contributed by atoms with E-state index in [1.54, 1.807) is 103 Å². The third-order valence-corrected chi connectivity index (χ3v) is 10.8. The Morgan fingerprint density at radius 1 is 0.820 bits per heavy atom. The highest BCUT2D eigenvalue weighted by atomic mass is 32.2. The summed E-state index contributed by atoms with van der Waals surface area (Å²) in [5.41, 5.74) is -0.136. The minimum absolute atomic E-state index is 0.246. The first-order valence-corrected chi connectivity index (χ1v) is 18.6. The summed E-state index contributed by atoms with van der Waals surface area (Å²) in [4.78, 5) is 41.3. The standard InChI is InChI=1S/C39H45NO8S2/c1-7-9-25-49-38-34(47-37(43)29-23-17-12-18-24-29)33(46-36(42)28-21-15-11-16-22-28)32(45-35(41)27-19-13-10-14-20-27)31(48-38)30(26(3)8-2)40-50(44)39(4,5)6/h7-8,10-24,26,30-34,38,40H,1-2,9,25H2,3-6H3/t26?,30?,31-,32+,33+,34-,38-,50?/m1/s1. The SMILES string of the molecule is C=CCCS[C@H]1O[C@H](C(N[S+]([O-])C(C)(C)C)C(C)C=C)[C@H](OC(=O)c2ccccc2)[C@H](OC(=O)c2ccccc2)[C@H]1OC(=O)c1ccccc1. The zero-order valence-corrected chi connectivity index (χ0v) is 30.4. The van der Waals surface area contributed by atoms with Crippen LogP contribution in [0.5, 0.6) is 0 Å². The minimum Gasteiger partial charge on any atom is -0.598 e. The summed E-state index contributed by atoms with van der Waals surface area (Å²) in [7, 11) is 0. The Hall–Kier alpha value is -3.87. The molecule has 0 aromatic heterocycles. The van der Waals surface area contributed by atoms with Crippen molar-refractivity contribution in [3.8, 4) is 0 Å². The normalized spacial score (nSPS) is 22.3. The second-order valence-electron chi connectivity index (χ2n) is 12.7. The molecular formula is C39H45NO8S2. The maximum absolute atomic E-state index is 13.8. The molecule has 0 bridgehead atoms. The van der Waals surface area contributed by atoms with E-state index in [0.717, 1.165) is 0 Å². The summed E-state index contributed by atoms with van der Waals surface area (Å²) >= 11 is -0.255. The molecule has 266 valence electrons. The van der Waals surface area contributed by atoms with Crippen LogP contribution in [-0.2, 0) is 30.3 Å². The van der Waals surface area contributed by atoms with E-state index >= 15 is 0 Å². The van der Waals surface area contributed by atoms with Crippen LogP contribution < -0.4 is 4.72 Å². The van der Waals surface area contributed by atoms with Crippen LogP contribution in [-0.4, -0.2) is 68.9 Å². The predicted molar refractivity (Wildman–Crippen MR) is 197 cm³/mol. The number of thioether (sulfide) groups is 1. The first-order chi connectivity index (χ1) is 23.9. The van der Waals surface area contributed by atoms with E-state index in [4.69, 9.17) is 18.9 Å². The molecule has 3 aromatic carbocycles. The zero-order chi connectivity index (χ0) is 36.3. The van der Waals surface area contributed by atoms with Crippen molar-refractivity contribution < 1.29 is 37.9 Å². The lowest BCUT2D eigenvalue weighted by atomic mass is 9.88. The highest BCUT2D eigenvalue weighted by molar-refractivity contribution is 7.99. The highest BCUT2D eigenvalue weighted by Gasteiger charge is 2.56. The van der Waals surface area contributed by atoms with E-state index in [9.17, 15) is 18.9 Å². The largest absolute Gasteiger partial charge is 0.598 e. The van der Waals surface area contributed by atoms with Gasteiger partial charge >= 0.3 is 17.9 Å². The van der Waals surface area contributed by atoms with Gasteiger partial charge in [-0.15, -0.1) is 29.6 Å². The summed E-state index contributed by atoms with van der Waals surface area (Å²) in [6.07, 6.45) is -0.931. The number of esters is 3. The number of allylic oxidation sites excluding steroid dienone is 1. The molecule has 11 heteroatoms. The number of ether oxygens (including phenoxy) is 4. The third kappa shape index (κ3) is 10.3. The Morgan fingerprint density at radius 2 is 1.26 bits per heavy atom. The fourth-order valence-corrected chi connectivity index (χ4v) is 7.23. The van der Waals surface area contributed by atoms with Gasteiger partial charge in [-0.3, -0.25) is 0 Å². The van der Waals surface area contributed by atoms with Gasteiger partial charge in [-0.1, -0.05) is 73.7 Å². The first kappa shape index (κ1) is 38.9. The fraction of sp³-hybridized carbons (Fsp3) is 0.359. The van der Waals surface area contributed by atoms with Gasteiger partial charge < -0.3 is 23.5 Å². The summed E-state index contributed by atoms with van der Waals surface area (Å²) < 4.78 is 41.6. The molecule has 8 atom stereocenters. The van der Waals surface area contributed by atoms with Crippen LogP contribution in [0.25, 0.3) is 0 Å². The Labute approximate surface area is 302 Å². The lowest BCUT2D eigenvalue weighted by Crippen LogP contribution is -2.67. The van der Waals surface area contributed by atoms with Crippen molar-refractivity contribution >= 4 is 41.0 Å². The Balaban J connectivity index is 1.88. The Kier molecular flexibility index (Phi) is 14.3. The van der Waals surface area contributed by atoms with Crippen molar-refractivity contribution in [1.82, 2.24) is 4.72 Å². The molecule has 3 unspecified atom stereocenters. The molecule has 0 amide bonds. The van der Waals surface area contributed by atoms with Crippen molar-refractivity contribution in [2.45, 2.75) is 74.8 Å². The van der Waals surface area contributed by atoms with Gasteiger partial charge in [0.2, 0.25) is 0 Å². The van der Waals surface area contributed by atoms with Crippen molar-refractivity contribution in [2.24, 2.45) is 5.92 Å². The van der Waals surface area contributed by atoms with Crippen LogP contribution in [0.15, 0.2) is 116 Å². The van der Waals surface area contributed by atoms with E-state index in [1.807, 2.05) is 27.7 Å². The van der Waals surface area contributed by atoms with Crippen LogP contribution in [0.4, 0.5) is 0 Å². The van der Waals surface area contributed by atoms with Gasteiger partial charge in [0.25, 0.3) is 0 Å². The van der Waals surface area contributed by atoms with Crippen LogP contribution >= 0.6 is 11.8 Å². The summed E-state index contributed by atoms with van der Waals surface area (Å²) in [5, 5.41) is 0. The average Bonchev–Trinajstić information content (AvgIpc) is 3.12. The van der Waals surface area contributed by atoms with Crippen molar-refractivity contribution in [1.29, 1.82) is 0 Å². The number of benzene rings is 3. The molecule has 0 spiro atoms. The van der Waals surface area contributed by atoms with Gasteiger partial charge in [-0.2, -0.15) is 0 Å². The van der Waals surface area contributed by atoms with E-state index in [-0.39, 0.29) is 22.6 Å². The first-order valence-electron chi connectivity index (χ1n) is 16.4. The molecule has 0 aliphatic carbocycles. The maximum Gasteiger partial charge on any atom is 0.338 e. The van der Waals surface area contributed by atoms with Crippen molar-refractivity contribution in [3.63, 3.8) is 0 Å². The van der Waals surface area contributed by atoms with Gasteiger partial charge in [0.15, 0.2) is 18.3 Å². The van der Waals surface area contributed by atoms with Crippen LogP contribution in [0.1, 0.15) is 65.2 Å². The van der Waals surface area contributed by atoms with E-state index < -0.39 is 69.9 Å². The summed E-state index contributed by atoms with van der Waals surface area (Å²) in [5.74, 6) is -1.96. The van der Waals surface area contributed by atoms with E-state index in [2.05, 4.69) is 17.9 Å². The monoisotopic (exact) mass is 719 g/mol. The van der Waals surface area contributed by atoms with E-state index in [1.165, 1.54) is 11.8 Å². The van der Waals surface area contributed by atoms with Crippen LogP contribution in [0, 0.1) is 5.92 Å². The van der Waals surface area contributed by atoms with Gasteiger partial charge in [0.1, 0.15) is 16.3 Å². The van der Waals surface area contributed by atoms with Crippen LogP contribution in [0.3, 0.4) is 0 Å². The molecule has 0 radical (unpaired) electrons. The topological polar surface area (TPSA) is 123 Å². The second kappa shape index (κ2) is 18.4. The molecule has 1 aliphatic heterocycles. The molecule has 0 saturated carbocycles. The van der Waals surface area contributed by atoms with Crippen LogP contribution in [0.2, 0.25) is 0 Å². The molecule has 1 heterocycles. The minimum atomic E-state index is -1.60. The lowest BCUT2D eigenvalue weighted by Gasteiger charge is -2.47. The number of carbonyl (C=O) groups excluding carboxylic acids is 3. The number of hydrogen-bond donors (Lipinski definition) is 1. The molecule has 9 nitrogen and oxygen atoms in total. The molecule has 1 N–H and O–H groups in total. The fourth-order valence-electron chi connectivity index (χ4n) is 5.14. The van der Waals surface area contributed by atoms with Gasteiger partial charge in [0, 0.05) is 11.4 Å². The zero-order valence-electron chi connectivity index (χ0n) is 28.8. The number of carbonyl (C=O) groups is 3. The third-order valence-electron chi connectivity index (χ3n) is 7.98. The maximum atomic E-state index is 13.8.